The van der Waals surface area contributed by atoms with Gasteiger partial charge in [0.1, 0.15) is 5.82 Å². The normalized spacial score (nSPS) is 22.8. The smallest absolute Gasteiger partial charge is 0.145 e. The van der Waals surface area contributed by atoms with Crippen LogP contribution in [0.25, 0.3) is 28.1 Å². The highest BCUT2D eigenvalue weighted by molar-refractivity contribution is 5.84. The standard InChI is InChI=1S/C25H26N2/c1-17(2)20-13-10-14-21(18(3)4)24(20)27-23-16-9-8-15-22(23)26-25(27)19-11-6-5-7-12-19/h5-18H,1-4H3/i1D2,2D3,3D3,4D3,17D,18D. The first kappa shape index (κ1) is 8.02. The van der Waals surface area contributed by atoms with Gasteiger partial charge in [0, 0.05) is 23.4 Å². The molecule has 2 heteroatoms. The Bertz CT molecular complexity index is 1500. The third kappa shape index (κ3) is 3.06. The Morgan fingerprint density at radius 1 is 0.815 bits per heavy atom. The molecule has 0 fully saturated rings. The Hall–Kier alpha value is -2.87. The molecule has 0 saturated heterocycles. The molecule has 0 amide bonds. The molecule has 0 aliphatic heterocycles. The van der Waals surface area contributed by atoms with Gasteiger partial charge in [-0.2, -0.15) is 0 Å². The van der Waals surface area contributed by atoms with E-state index in [0.717, 1.165) is 18.2 Å². The number of rotatable bonds is 4. The monoisotopic (exact) mass is 367 g/mol. The van der Waals surface area contributed by atoms with Gasteiger partial charge in [0.15, 0.2) is 0 Å². The molecular formula is C25H26N2. The van der Waals surface area contributed by atoms with Crippen LogP contribution in [0.15, 0.2) is 72.8 Å². The third-order valence-electron chi connectivity index (χ3n) is 4.41. The van der Waals surface area contributed by atoms with Gasteiger partial charge in [0.25, 0.3) is 0 Å². The molecule has 136 valence electrons. The van der Waals surface area contributed by atoms with Crippen molar-refractivity contribution in [3.8, 4) is 17.1 Å². The van der Waals surface area contributed by atoms with E-state index >= 15 is 0 Å². The molecule has 1 heterocycles. The molecule has 0 radical (unpaired) electrons. The molecule has 0 spiro atoms. The van der Waals surface area contributed by atoms with Gasteiger partial charge in [-0.25, -0.2) is 4.98 Å². The van der Waals surface area contributed by atoms with Gasteiger partial charge in [0.05, 0.1) is 16.7 Å². The minimum atomic E-state index is -3.44. The van der Waals surface area contributed by atoms with Crippen molar-refractivity contribution in [2.45, 2.75) is 39.2 Å². The molecule has 1 atom stereocenters. The zero-order chi connectivity index (χ0) is 29.9. The van der Waals surface area contributed by atoms with E-state index in [1.54, 1.807) is 54.6 Å². The minimum absolute atomic E-state index is 0.160. The Labute approximate surface area is 179 Å². The van der Waals surface area contributed by atoms with Crippen LogP contribution in [0.5, 0.6) is 0 Å². The summed E-state index contributed by atoms with van der Waals surface area (Å²) in [4.78, 5) is 4.66. The number of nitrogens with zero attached hydrogens (tertiary/aromatic N) is 2. The first-order chi connectivity index (χ1) is 18.4. The number of para-hydroxylation sites is 3. The molecule has 4 rings (SSSR count). The quantitative estimate of drug-likeness (QED) is 0.382. The molecule has 4 aromatic rings. The van der Waals surface area contributed by atoms with Crippen LogP contribution in [0.4, 0.5) is 0 Å². The summed E-state index contributed by atoms with van der Waals surface area (Å²) in [6.45, 7) is -12.5. The predicted molar refractivity (Wildman–Crippen MR) is 115 cm³/mol. The Morgan fingerprint density at radius 3 is 2.26 bits per heavy atom. The maximum Gasteiger partial charge on any atom is 0.145 e. The highest BCUT2D eigenvalue weighted by atomic mass is 15.1. The maximum atomic E-state index is 9.00. The number of hydrogen-bond acceptors (Lipinski definition) is 1. The summed E-state index contributed by atoms with van der Waals surface area (Å²) in [5, 5.41) is 0. The van der Waals surface area contributed by atoms with Gasteiger partial charge >= 0.3 is 0 Å². The summed E-state index contributed by atoms with van der Waals surface area (Å²) < 4.78 is 109. The molecule has 0 aliphatic carbocycles. The van der Waals surface area contributed by atoms with Crippen LogP contribution in [0.3, 0.4) is 0 Å². The van der Waals surface area contributed by atoms with Gasteiger partial charge in [-0.15, -0.1) is 0 Å². The van der Waals surface area contributed by atoms with Crippen LogP contribution in [0.1, 0.15) is 68.2 Å². The molecule has 2 nitrogen and oxygen atoms in total. The van der Waals surface area contributed by atoms with E-state index in [1.807, 2.05) is 0 Å². The molecule has 0 bridgehead atoms. The lowest BCUT2D eigenvalue weighted by Gasteiger charge is -2.22. The molecule has 27 heavy (non-hydrogen) atoms. The summed E-state index contributed by atoms with van der Waals surface area (Å²) in [5.41, 5.74) is -0.299. The van der Waals surface area contributed by atoms with E-state index in [2.05, 4.69) is 4.98 Å². The van der Waals surface area contributed by atoms with E-state index in [-0.39, 0.29) is 5.82 Å². The second-order valence-electron chi connectivity index (χ2n) is 6.12. The summed E-state index contributed by atoms with van der Waals surface area (Å²) in [6, 6.07) is 18.6. The van der Waals surface area contributed by atoms with Crippen LogP contribution in [0, 0.1) is 0 Å². The average Bonchev–Trinajstić information content (AvgIpc) is 3.25. The van der Waals surface area contributed by atoms with E-state index in [0.29, 0.717) is 16.6 Å². The summed E-state index contributed by atoms with van der Waals surface area (Å²) in [5.74, 6) is -6.10. The van der Waals surface area contributed by atoms with Gasteiger partial charge in [-0.3, -0.25) is 4.57 Å². The highest BCUT2D eigenvalue weighted by Crippen LogP contribution is 2.36. The van der Waals surface area contributed by atoms with Crippen molar-refractivity contribution >= 4 is 11.0 Å². The zero-order valence-corrected chi connectivity index (χ0v) is 14.4. The second kappa shape index (κ2) is 7.03. The van der Waals surface area contributed by atoms with Crippen LogP contribution >= 0.6 is 0 Å². The lowest BCUT2D eigenvalue weighted by Crippen LogP contribution is -2.08. The number of benzene rings is 3. The minimum Gasteiger partial charge on any atom is -0.292 e. The van der Waals surface area contributed by atoms with Crippen LogP contribution in [0.2, 0.25) is 0 Å². The molecule has 0 N–H and O–H groups in total. The van der Waals surface area contributed by atoms with E-state index < -0.39 is 56.0 Å². The molecule has 1 aromatic heterocycles. The van der Waals surface area contributed by atoms with Crippen LogP contribution in [-0.2, 0) is 0 Å². The van der Waals surface area contributed by atoms with E-state index in [4.69, 9.17) is 17.8 Å². The predicted octanol–water partition coefficient (Wildman–Crippen LogP) is 6.94. The fourth-order valence-electron chi connectivity index (χ4n) is 3.24. The number of hydrogen-bond donors (Lipinski definition) is 0. The summed E-state index contributed by atoms with van der Waals surface area (Å²) in [6.07, 6.45) is 0. The lowest BCUT2D eigenvalue weighted by molar-refractivity contribution is 0.811. The Balaban J connectivity index is 2.33. The lowest BCUT2D eigenvalue weighted by atomic mass is 9.92. The molecular weight excluding hydrogens is 328 g/mol. The number of fused-ring (bicyclic) bond motifs is 1. The van der Waals surface area contributed by atoms with Gasteiger partial charge in [-0.1, -0.05) is 88.1 Å². The average molecular weight is 368 g/mol. The van der Waals surface area contributed by atoms with Crippen molar-refractivity contribution in [1.82, 2.24) is 9.55 Å². The first-order valence-electron chi connectivity index (χ1n) is 15.0. The second-order valence-corrected chi connectivity index (χ2v) is 6.12. The molecule has 1 unspecified atom stereocenters. The summed E-state index contributed by atoms with van der Waals surface area (Å²) >= 11 is 0. The van der Waals surface area contributed by atoms with Crippen molar-refractivity contribution < 1.29 is 17.8 Å². The van der Waals surface area contributed by atoms with Crippen LogP contribution < -0.4 is 0 Å². The van der Waals surface area contributed by atoms with Crippen molar-refractivity contribution in [3.05, 3.63) is 83.9 Å². The fourth-order valence-corrected chi connectivity index (χ4v) is 3.24. The van der Waals surface area contributed by atoms with Crippen molar-refractivity contribution in [3.63, 3.8) is 0 Å². The molecule has 0 saturated carbocycles. The van der Waals surface area contributed by atoms with Crippen LogP contribution in [-0.4, -0.2) is 9.55 Å². The zero-order valence-electron chi connectivity index (χ0n) is 27.4. The maximum absolute atomic E-state index is 9.00. The SMILES string of the molecule is [2H]C([2H])C([2H])(c1cccc(C([2H])(C([2H])([2H])[2H])C([2H])([2H])[2H])c1-n1c(-c2ccccc2)nc2ccccc21)C([2H])([2H])[2H]. The largest absolute Gasteiger partial charge is 0.292 e. The highest BCUT2D eigenvalue weighted by Gasteiger charge is 2.21. The van der Waals surface area contributed by atoms with E-state index in [9.17, 15) is 0 Å². The van der Waals surface area contributed by atoms with Gasteiger partial charge in [0.2, 0.25) is 0 Å². The topological polar surface area (TPSA) is 17.8 Å². The van der Waals surface area contributed by atoms with Crippen molar-refractivity contribution in [2.24, 2.45) is 0 Å². The number of aromatic nitrogens is 2. The number of imidazole rings is 1. The third-order valence-corrected chi connectivity index (χ3v) is 4.41. The first-order valence-corrected chi connectivity index (χ1v) is 8.39. The van der Waals surface area contributed by atoms with Gasteiger partial charge < -0.3 is 0 Å². The van der Waals surface area contributed by atoms with Gasteiger partial charge in [-0.05, 0) is 35.0 Å². The summed E-state index contributed by atoms with van der Waals surface area (Å²) in [7, 11) is 0. The van der Waals surface area contributed by atoms with Crippen molar-refractivity contribution in [2.75, 3.05) is 0 Å². The molecule has 3 aromatic carbocycles. The fraction of sp³-hybridized carbons (Fsp3) is 0.240. The van der Waals surface area contributed by atoms with E-state index in [1.165, 1.54) is 4.57 Å². The Kier molecular flexibility index (Phi) is 2.09. The van der Waals surface area contributed by atoms with Crippen molar-refractivity contribution in [1.29, 1.82) is 0 Å². The Morgan fingerprint density at radius 2 is 1.52 bits per heavy atom. The molecule has 0 aliphatic rings.